The van der Waals surface area contributed by atoms with Gasteiger partial charge in [-0.3, -0.25) is 9.36 Å². The highest BCUT2D eigenvalue weighted by Gasteiger charge is 2.11. The molecule has 0 aliphatic carbocycles. The van der Waals surface area contributed by atoms with Crippen molar-refractivity contribution < 1.29 is 28.8 Å². The average Bonchev–Trinajstić information content (AvgIpc) is 2.67. The van der Waals surface area contributed by atoms with Gasteiger partial charge in [0.15, 0.2) is 0 Å². The van der Waals surface area contributed by atoms with Crippen molar-refractivity contribution >= 4 is 13.6 Å². The van der Waals surface area contributed by atoms with Crippen LogP contribution in [0.15, 0.2) is 12.2 Å². The number of phosphoric ester groups is 1. The molecule has 0 saturated heterocycles. The summed E-state index contributed by atoms with van der Waals surface area (Å²) in [4.78, 5) is 30.6. The number of allylic oxidation sites excluding steroid dienone is 2. The van der Waals surface area contributed by atoms with E-state index in [0.29, 0.717) is 6.42 Å². The van der Waals surface area contributed by atoms with E-state index in [1.54, 1.807) is 0 Å². The maximum Gasteiger partial charge on any atom is 0.265 e. The third-order valence-corrected chi connectivity index (χ3v) is 5.38. The van der Waals surface area contributed by atoms with E-state index >= 15 is 0 Å². The lowest BCUT2D eigenvalue weighted by Crippen LogP contribution is -2.18. The van der Waals surface area contributed by atoms with Gasteiger partial charge in [0.05, 0.1) is 12.7 Å². The molecule has 0 rings (SSSR count). The van der Waals surface area contributed by atoms with Crippen LogP contribution >= 0.6 is 7.82 Å². The largest absolute Gasteiger partial charge is 0.756 e. The summed E-state index contributed by atoms with van der Waals surface area (Å²) in [5.74, 6) is 0.0657. The molecular weight excluding hydrogens is 391 g/mol. The SMILES string of the molecule is CCCCCCCC/C=C\CCCCCCCC(=O)CC[C@@H](O)COP(=O)([O-])O. The van der Waals surface area contributed by atoms with Gasteiger partial charge in [0.2, 0.25) is 0 Å². The zero-order valence-corrected chi connectivity index (χ0v) is 19.1. The number of unbranched alkanes of at least 4 members (excludes halogenated alkanes) is 11. The van der Waals surface area contributed by atoms with Crippen LogP contribution in [0.2, 0.25) is 0 Å². The first kappa shape index (κ1) is 28.5. The van der Waals surface area contributed by atoms with Crippen LogP contribution in [0, 0.1) is 0 Å². The van der Waals surface area contributed by atoms with Gasteiger partial charge in [-0.05, 0) is 38.5 Å². The van der Waals surface area contributed by atoms with Gasteiger partial charge in [0, 0.05) is 12.8 Å². The minimum Gasteiger partial charge on any atom is -0.756 e. The number of aliphatic hydroxyl groups excluding tert-OH is 1. The zero-order valence-electron chi connectivity index (χ0n) is 18.2. The molecule has 1 unspecified atom stereocenters. The van der Waals surface area contributed by atoms with Crippen LogP contribution in [0.1, 0.15) is 110 Å². The van der Waals surface area contributed by atoms with Crippen molar-refractivity contribution in [2.75, 3.05) is 6.61 Å². The highest BCUT2D eigenvalue weighted by atomic mass is 31.2. The smallest absolute Gasteiger partial charge is 0.265 e. The minimum atomic E-state index is -4.81. The van der Waals surface area contributed by atoms with Gasteiger partial charge in [-0.1, -0.05) is 70.4 Å². The minimum absolute atomic E-state index is 0.0657. The van der Waals surface area contributed by atoms with Gasteiger partial charge in [-0.15, -0.1) is 0 Å². The second-order valence-electron chi connectivity index (χ2n) is 7.83. The van der Waals surface area contributed by atoms with Crippen molar-refractivity contribution in [1.82, 2.24) is 0 Å². The molecule has 0 heterocycles. The van der Waals surface area contributed by atoms with Gasteiger partial charge in [-0.25, -0.2) is 0 Å². The number of rotatable bonds is 21. The summed E-state index contributed by atoms with van der Waals surface area (Å²) in [7, 11) is -4.81. The van der Waals surface area contributed by atoms with Crippen molar-refractivity contribution in [1.29, 1.82) is 0 Å². The molecule has 0 spiro atoms. The van der Waals surface area contributed by atoms with E-state index in [2.05, 4.69) is 23.6 Å². The van der Waals surface area contributed by atoms with Crippen LogP contribution in [-0.4, -0.2) is 28.5 Å². The molecule has 0 aromatic heterocycles. The molecule has 0 saturated carbocycles. The predicted molar refractivity (Wildman–Crippen MR) is 115 cm³/mol. The van der Waals surface area contributed by atoms with Crippen LogP contribution in [0.5, 0.6) is 0 Å². The van der Waals surface area contributed by atoms with Crippen molar-refractivity contribution in [3.05, 3.63) is 12.2 Å². The molecule has 0 amide bonds. The number of ketones is 1. The molecule has 0 aromatic carbocycles. The lowest BCUT2D eigenvalue weighted by atomic mass is 10.0. The van der Waals surface area contributed by atoms with Crippen LogP contribution in [0.25, 0.3) is 0 Å². The first-order chi connectivity index (χ1) is 13.8. The van der Waals surface area contributed by atoms with Crippen molar-refractivity contribution in [3.8, 4) is 0 Å². The molecule has 2 N–H and O–H groups in total. The Labute approximate surface area is 177 Å². The topological polar surface area (TPSA) is 107 Å². The second kappa shape index (κ2) is 19.4. The lowest BCUT2D eigenvalue weighted by molar-refractivity contribution is -0.221. The maximum absolute atomic E-state index is 11.8. The number of phosphoric acid groups is 1. The molecule has 29 heavy (non-hydrogen) atoms. The van der Waals surface area contributed by atoms with Gasteiger partial charge >= 0.3 is 0 Å². The molecule has 0 bridgehead atoms. The van der Waals surface area contributed by atoms with Crippen LogP contribution in [0.3, 0.4) is 0 Å². The first-order valence-corrected chi connectivity index (χ1v) is 12.9. The highest BCUT2D eigenvalue weighted by molar-refractivity contribution is 7.44. The zero-order chi connectivity index (χ0) is 21.8. The molecule has 2 atom stereocenters. The highest BCUT2D eigenvalue weighted by Crippen LogP contribution is 2.30. The first-order valence-electron chi connectivity index (χ1n) is 11.4. The monoisotopic (exact) mass is 433 g/mol. The normalized spacial score (nSPS) is 14.9. The number of Topliss-reactive ketones (excluding diaryl/α,β-unsaturated/α-hetero) is 1. The summed E-state index contributed by atoms with van der Waals surface area (Å²) >= 11 is 0. The molecule has 0 fully saturated rings. The third kappa shape index (κ3) is 23.6. The molecule has 6 nitrogen and oxygen atoms in total. The molecule has 7 heteroatoms. The fraction of sp³-hybridized carbons (Fsp3) is 0.864. The summed E-state index contributed by atoms with van der Waals surface area (Å²) in [6.07, 6.45) is 20.2. The number of aliphatic hydroxyl groups is 1. The number of carbonyl (C=O) groups is 1. The van der Waals surface area contributed by atoms with Crippen molar-refractivity contribution in [2.45, 2.75) is 116 Å². The fourth-order valence-corrected chi connectivity index (χ4v) is 3.47. The standard InChI is InChI=1S/C22H43O6P/c1-2-3-4-5-6-7-8-9-10-11-12-13-14-15-16-17-21(23)18-19-22(24)20-28-29(25,26)27/h9-10,22,24H,2-8,11-20H2,1H3,(H2,25,26,27)/p-1/b10-9-/t22-/m1/s1. The van der Waals surface area contributed by atoms with Gasteiger partial charge < -0.3 is 19.4 Å². The van der Waals surface area contributed by atoms with Gasteiger partial charge in [0.25, 0.3) is 7.82 Å². The van der Waals surface area contributed by atoms with Crippen LogP contribution < -0.4 is 4.89 Å². The van der Waals surface area contributed by atoms with Crippen LogP contribution in [-0.2, 0) is 13.9 Å². The quantitative estimate of drug-likeness (QED) is 0.146. The maximum atomic E-state index is 11.8. The molecule has 0 aromatic rings. The van der Waals surface area contributed by atoms with Crippen molar-refractivity contribution in [2.24, 2.45) is 0 Å². The second-order valence-corrected chi connectivity index (χ2v) is 9.03. The van der Waals surface area contributed by atoms with Gasteiger partial charge in [0.1, 0.15) is 5.78 Å². The summed E-state index contributed by atoms with van der Waals surface area (Å²) < 4.78 is 14.5. The summed E-state index contributed by atoms with van der Waals surface area (Å²) in [5, 5.41) is 9.51. The van der Waals surface area contributed by atoms with E-state index in [1.807, 2.05) is 0 Å². The summed E-state index contributed by atoms with van der Waals surface area (Å²) in [6.45, 7) is 1.73. The van der Waals surface area contributed by atoms with Crippen LogP contribution in [0.4, 0.5) is 0 Å². The molecule has 0 aliphatic heterocycles. The van der Waals surface area contributed by atoms with E-state index < -0.39 is 20.5 Å². The Balaban J connectivity index is 3.38. The number of hydrogen-bond acceptors (Lipinski definition) is 5. The predicted octanol–water partition coefficient (Wildman–Crippen LogP) is 5.21. The van der Waals surface area contributed by atoms with Gasteiger partial charge in [-0.2, -0.15) is 0 Å². The van der Waals surface area contributed by atoms with E-state index in [9.17, 15) is 19.4 Å². The number of carbonyl (C=O) groups excluding carboxylic acids is 1. The fourth-order valence-electron chi connectivity index (χ4n) is 3.11. The van der Waals surface area contributed by atoms with E-state index in [1.165, 1.54) is 57.8 Å². The third-order valence-electron chi connectivity index (χ3n) is 4.90. The Hall–Kier alpha value is -0.520. The van der Waals surface area contributed by atoms with E-state index in [0.717, 1.165) is 25.7 Å². The molecule has 0 aliphatic rings. The van der Waals surface area contributed by atoms with E-state index in [-0.39, 0.29) is 18.6 Å². The Morgan fingerprint density at radius 1 is 0.931 bits per heavy atom. The number of hydrogen-bond donors (Lipinski definition) is 2. The van der Waals surface area contributed by atoms with Crippen molar-refractivity contribution in [3.63, 3.8) is 0 Å². The summed E-state index contributed by atoms with van der Waals surface area (Å²) in [5.41, 5.74) is 0. The summed E-state index contributed by atoms with van der Waals surface area (Å²) in [6, 6.07) is 0. The Morgan fingerprint density at radius 3 is 2.00 bits per heavy atom. The lowest BCUT2D eigenvalue weighted by Gasteiger charge is -2.18. The Kier molecular flexibility index (Phi) is 19.1. The average molecular weight is 434 g/mol. The molecule has 172 valence electrons. The Morgan fingerprint density at radius 2 is 1.45 bits per heavy atom. The molecular formula is C22H42O6P-. The Bertz CT molecular complexity index is 460. The van der Waals surface area contributed by atoms with E-state index in [4.69, 9.17) is 4.89 Å². The molecule has 0 radical (unpaired) electrons.